The van der Waals surface area contributed by atoms with Crippen LogP contribution in [0.3, 0.4) is 0 Å². The van der Waals surface area contributed by atoms with Crippen molar-refractivity contribution in [3.8, 4) is 0 Å². The minimum atomic E-state index is -0.792. The summed E-state index contributed by atoms with van der Waals surface area (Å²) in [5.74, 6) is -0.691. The van der Waals surface area contributed by atoms with Gasteiger partial charge in [-0.25, -0.2) is 0 Å². The summed E-state index contributed by atoms with van der Waals surface area (Å²) in [7, 11) is 0. The second-order valence-corrected chi connectivity index (χ2v) is 8.06. The van der Waals surface area contributed by atoms with Gasteiger partial charge in [-0.1, -0.05) is 56.3 Å². The van der Waals surface area contributed by atoms with Crippen LogP contribution < -0.4 is 0 Å². The van der Waals surface area contributed by atoms with E-state index < -0.39 is 11.4 Å². The number of carbonyl (C=O) groups is 1. The highest BCUT2D eigenvalue weighted by Crippen LogP contribution is 2.37. The molecule has 1 N–H and O–H groups in total. The molecule has 0 radical (unpaired) electrons. The van der Waals surface area contributed by atoms with Gasteiger partial charge in [-0.15, -0.1) is 0 Å². The van der Waals surface area contributed by atoms with Gasteiger partial charge in [0.2, 0.25) is 0 Å². The third kappa shape index (κ3) is 4.92. The Morgan fingerprint density at radius 3 is 2.57 bits per heavy atom. The van der Waals surface area contributed by atoms with Crippen LogP contribution in [0.2, 0.25) is 0 Å². The van der Waals surface area contributed by atoms with Crippen molar-refractivity contribution in [2.45, 2.75) is 52.1 Å². The maximum absolute atomic E-state index is 12.6. The lowest BCUT2D eigenvalue weighted by atomic mass is 9.73. The molecule has 2 atom stereocenters. The summed E-state index contributed by atoms with van der Waals surface area (Å²) in [6.45, 7) is 7.72. The van der Waals surface area contributed by atoms with Crippen molar-refractivity contribution in [2.75, 3.05) is 26.2 Å². The Hall–Kier alpha value is -1.91. The second kappa shape index (κ2) is 9.53. The molecule has 0 amide bonds. The number of nitrogens with zero attached hydrogens (tertiary/aromatic N) is 1. The maximum Gasteiger partial charge on any atom is 0.310 e. The van der Waals surface area contributed by atoms with Gasteiger partial charge in [0.25, 0.3) is 0 Å². The lowest BCUT2D eigenvalue weighted by molar-refractivity contribution is -0.152. The Morgan fingerprint density at radius 2 is 1.93 bits per heavy atom. The molecule has 0 spiro atoms. The molecular formula is C24H33NO3. The van der Waals surface area contributed by atoms with Crippen molar-refractivity contribution in [2.24, 2.45) is 5.41 Å². The molecule has 4 nitrogen and oxygen atoms in total. The molecular weight excluding hydrogens is 350 g/mol. The van der Waals surface area contributed by atoms with Gasteiger partial charge >= 0.3 is 5.97 Å². The molecule has 0 aliphatic carbocycles. The minimum absolute atomic E-state index is 0.0632. The molecule has 1 aliphatic heterocycles. The summed E-state index contributed by atoms with van der Waals surface area (Å²) < 4.78 is 5.85. The molecule has 2 unspecified atom stereocenters. The number of carboxylic acid groups (broad SMARTS) is 1. The SMILES string of the molecule is CCN(CC)CCC(Cc1ccc2ccccc2c1)(CC1CCCO1)C(=O)O. The van der Waals surface area contributed by atoms with E-state index >= 15 is 0 Å². The van der Waals surface area contributed by atoms with Gasteiger partial charge in [0.1, 0.15) is 0 Å². The van der Waals surface area contributed by atoms with E-state index in [-0.39, 0.29) is 6.10 Å². The summed E-state index contributed by atoms with van der Waals surface area (Å²) in [5.41, 5.74) is 0.304. The molecule has 0 saturated carbocycles. The molecule has 1 heterocycles. The highest BCUT2D eigenvalue weighted by Gasteiger charge is 2.41. The number of aliphatic carboxylic acids is 1. The predicted molar refractivity (Wildman–Crippen MR) is 114 cm³/mol. The van der Waals surface area contributed by atoms with Crippen LogP contribution >= 0.6 is 0 Å². The number of rotatable bonds is 10. The van der Waals surface area contributed by atoms with Gasteiger partial charge in [-0.2, -0.15) is 0 Å². The molecule has 0 bridgehead atoms. The smallest absolute Gasteiger partial charge is 0.310 e. The van der Waals surface area contributed by atoms with Gasteiger partial charge < -0.3 is 14.7 Å². The number of benzene rings is 2. The van der Waals surface area contributed by atoms with Crippen molar-refractivity contribution in [3.05, 3.63) is 48.0 Å². The van der Waals surface area contributed by atoms with Crippen LogP contribution in [-0.4, -0.2) is 48.3 Å². The first-order valence-electron chi connectivity index (χ1n) is 10.6. The number of fused-ring (bicyclic) bond motifs is 1. The van der Waals surface area contributed by atoms with Crippen molar-refractivity contribution in [1.29, 1.82) is 0 Å². The average molecular weight is 384 g/mol. The molecule has 1 saturated heterocycles. The van der Waals surface area contributed by atoms with Crippen LogP contribution in [0.5, 0.6) is 0 Å². The van der Waals surface area contributed by atoms with Crippen LogP contribution in [0, 0.1) is 5.41 Å². The Morgan fingerprint density at radius 1 is 1.18 bits per heavy atom. The molecule has 28 heavy (non-hydrogen) atoms. The van der Waals surface area contributed by atoms with E-state index in [0.29, 0.717) is 19.3 Å². The predicted octanol–water partition coefficient (Wildman–Crippen LogP) is 4.75. The minimum Gasteiger partial charge on any atom is -0.481 e. The van der Waals surface area contributed by atoms with E-state index in [1.54, 1.807) is 0 Å². The van der Waals surface area contributed by atoms with Crippen LogP contribution in [-0.2, 0) is 16.0 Å². The molecule has 3 rings (SSSR count). The molecule has 0 aromatic heterocycles. The molecule has 152 valence electrons. The lowest BCUT2D eigenvalue weighted by Gasteiger charge is -2.34. The summed E-state index contributed by atoms with van der Waals surface area (Å²) in [4.78, 5) is 14.9. The van der Waals surface area contributed by atoms with Crippen molar-refractivity contribution in [3.63, 3.8) is 0 Å². The zero-order chi connectivity index (χ0) is 20.0. The van der Waals surface area contributed by atoms with E-state index in [9.17, 15) is 9.90 Å². The van der Waals surface area contributed by atoms with Crippen LogP contribution in [0.25, 0.3) is 10.8 Å². The standard InChI is InChI=1S/C24H33NO3/c1-3-25(4-2)14-13-24(23(26)27,18-22-10-7-15-28-22)17-19-11-12-20-8-5-6-9-21(20)16-19/h5-6,8-9,11-12,16,22H,3-4,7,10,13-15,17-18H2,1-2H3,(H,26,27). The third-order valence-electron chi connectivity index (χ3n) is 6.25. The van der Waals surface area contributed by atoms with Gasteiger partial charge in [0, 0.05) is 6.61 Å². The maximum atomic E-state index is 12.6. The van der Waals surface area contributed by atoms with Gasteiger partial charge in [-0.3, -0.25) is 4.79 Å². The Labute approximate surface area is 168 Å². The van der Waals surface area contributed by atoms with E-state index in [2.05, 4.69) is 49.1 Å². The van der Waals surface area contributed by atoms with E-state index in [1.165, 1.54) is 10.8 Å². The Balaban J connectivity index is 1.88. The van der Waals surface area contributed by atoms with E-state index in [0.717, 1.165) is 44.6 Å². The fourth-order valence-corrected chi connectivity index (χ4v) is 4.43. The molecule has 4 heteroatoms. The van der Waals surface area contributed by atoms with Crippen LogP contribution in [0.15, 0.2) is 42.5 Å². The van der Waals surface area contributed by atoms with Gasteiger partial charge in [0.05, 0.1) is 11.5 Å². The van der Waals surface area contributed by atoms with Crippen molar-refractivity contribution < 1.29 is 14.6 Å². The van der Waals surface area contributed by atoms with E-state index in [1.807, 2.05) is 12.1 Å². The van der Waals surface area contributed by atoms with Crippen LogP contribution in [0.1, 0.15) is 45.1 Å². The summed E-state index contributed by atoms with van der Waals surface area (Å²) >= 11 is 0. The molecule has 2 aromatic carbocycles. The molecule has 1 fully saturated rings. The van der Waals surface area contributed by atoms with Gasteiger partial charge in [0.15, 0.2) is 0 Å². The van der Waals surface area contributed by atoms with Gasteiger partial charge in [-0.05, 0) is 68.1 Å². The first-order valence-corrected chi connectivity index (χ1v) is 10.6. The topological polar surface area (TPSA) is 49.8 Å². The lowest BCUT2D eigenvalue weighted by Crippen LogP contribution is -2.40. The van der Waals surface area contributed by atoms with E-state index in [4.69, 9.17) is 4.74 Å². The number of ether oxygens (including phenoxy) is 1. The molecule has 2 aromatic rings. The molecule has 1 aliphatic rings. The zero-order valence-corrected chi connectivity index (χ0v) is 17.2. The number of hydrogen-bond donors (Lipinski definition) is 1. The first kappa shape index (κ1) is 20.8. The highest BCUT2D eigenvalue weighted by atomic mass is 16.5. The zero-order valence-electron chi connectivity index (χ0n) is 17.2. The van der Waals surface area contributed by atoms with Crippen molar-refractivity contribution >= 4 is 16.7 Å². The first-order chi connectivity index (χ1) is 13.6. The monoisotopic (exact) mass is 383 g/mol. The second-order valence-electron chi connectivity index (χ2n) is 8.06. The fourth-order valence-electron chi connectivity index (χ4n) is 4.43. The largest absolute Gasteiger partial charge is 0.481 e. The normalized spacial score (nSPS) is 19.2. The quantitative estimate of drug-likeness (QED) is 0.643. The fraction of sp³-hybridized carbons (Fsp3) is 0.542. The third-order valence-corrected chi connectivity index (χ3v) is 6.25. The summed E-state index contributed by atoms with van der Waals surface area (Å²) in [6, 6.07) is 14.6. The highest BCUT2D eigenvalue weighted by molar-refractivity contribution is 5.83. The summed E-state index contributed by atoms with van der Waals surface area (Å²) in [6.07, 6.45) is 3.86. The number of carboxylic acids is 1. The number of hydrogen-bond acceptors (Lipinski definition) is 3. The van der Waals surface area contributed by atoms with Crippen LogP contribution in [0.4, 0.5) is 0 Å². The Kier molecular flexibility index (Phi) is 7.08. The Bertz CT molecular complexity index is 780. The van der Waals surface area contributed by atoms with Crippen molar-refractivity contribution in [1.82, 2.24) is 4.90 Å². The summed E-state index contributed by atoms with van der Waals surface area (Å²) in [5, 5.41) is 12.7. The average Bonchev–Trinajstić information content (AvgIpc) is 3.21.